The molecule has 1 unspecified atom stereocenters. The molecule has 0 aromatic carbocycles. The molecule has 2 aromatic heterocycles. The fraction of sp³-hybridized carbons (Fsp3) is 0.500. The van der Waals surface area contributed by atoms with Crippen molar-refractivity contribution in [2.24, 2.45) is 5.41 Å². The minimum atomic E-state index is -0.134. The molecule has 2 aromatic rings. The summed E-state index contributed by atoms with van der Waals surface area (Å²) in [6.07, 6.45) is 5.20. The third kappa shape index (κ3) is 2.06. The molecule has 3 heterocycles. The molecule has 2 aliphatic rings. The lowest BCUT2D eigenvalue weighted by molar-refractivity contribution is 0.0470. The Labute approximate surface area is 128 Å². The summed E-state index contributed by atoms with van der Waals surface area (Å²) < 4.78 is 7.30. The van der Waals surface area contributed by atoms with E-state index in [9.17, 15) is 4.79 Å². The van der Waals surface area contributed by atoms with Gasteiger partial charge in [0.25, 0.3) is 5.91 Å². The summed E-state index contributed by atoms with van der Waals surface area (Å²) in [6, 6.07) is 5.80. The number of amides is 1. The number of nitrogen functional groups attached to an aromatic ring is 1. The number of nitrogens with one attached hydrogen (secondary N) is 1. The summed E-state index contributed by atoms with van der Waals surface area (Å²) in [5.74, 6) is 0.140. The molecule has 3 N–H and O–H groups in total. The molecule has 4 rings (SSSR count). The van der Waals surface area contributed by atoms with Gasteiger partial charge < -0.3 is 15.8 Å². The summed E-state index contributed by atoms with van der Waals surface area (Å²) in [5.41, 5.74) is 7.40. The number of pyridine rings is 1. The highest BCUT2D eigenvalue weighted by Gasteiger charge is 2.49. The first-order valence-electron chi connectivity index (χ1n) is 7.72. The maximum atomic E-state index is 12.5. The Kier molecular flexibility index (Phi) is 2.91. The van der Waals surface area contributed by atoms with Crippen LogP contribution in [-0.4, -0.2) is 34.3 Å². The number of nitrogens with zero attached hydrogens (tertiary/aromatic N) is 2. The first-order valence-corrected chi connectivity index (χ1v) is 7.72. The molecular weight excluding hydrogens is 280 g/mol. The summed E-state index contributed by atoms with van der Waals surface area (Å²) in [5, 5.41) is 7.27. The van der Waals surface area contributed by atoms with E-state index in [0.29, 0.717) is 11.7 Å². The Hall–Kier alpha value is -2.08. The molecular formula is C16H20N4O2. The molecule has 1 saturated heterocycles. The topological polar surface area (TPSA) is 81.6 Å². The van der Waals surface area contributed by atoms with Crippen LogP contribution in [0.4, 0.5) is 5.82 Å². The van der Waals surface area contributed by atoms with Gasteiger partial charge in [-0.15, -0.1) is 5.10 Å². The lowest BCUT2D eigenvalue weighted by atomic mass is 9.64. The quantitative estimate of drug-likeness (QED) is 0.882. The maximum absolute atomic E-state index is 12.5. The van der Waals surface area contributed by atoms with E-state index in [1.807, 2.05) is 18.2 Å². The largest absolute Gasteiger partial charge is 0.382 e. The SMILES string of the molecule is CC1CC2(CO1)CC(NC(=O)c1c(N)nn3ccccc13)C2. The van der Waals surface area contributed by atoms with Gasteiger partial charge in [-0.25, -0.2) is 4.52 Å². The molecule has 1 atom stereocenters. The average Bonchev–Trinajstić information content (AvgIpc) is 2.98. The zero-order valence-electron chi connectivity index (χ0n) is 12.6. The third-order valence-corrected chi connectivity index (χ3v) is 4.88. The number of hydrogen-bond acceptors (Lipinski definition) is 4. The Morgan fingerprint density at radius 1 is 1.45 bits per heavy atom. The van der Waals surface area contributed by atoms with Gasteiger partial charge in [0.2, 0.25) is 0 Å². The number of hydrogen-bond donors (Lipinski definition) is 2. The van der Waals surface area contributed by atoms with E-state index in [0.717, 1.165) is 31.4 Å². The van der Waals surface area contributed by atoms with Gasteiger partial charge in [0.15, 0.2) is 5.82 Å². The number of anilines is 1. The van der Waals surface area contributed by atoms with E-state index in [1.54, 1.807) is 10.7 Å². The normalized spacial score (nSPS) is 30.6. The number of ether oxygens (including phenoxy) is 1. The summed E-state index contributed by atoms with van der Waals surface area (Å²) in [7, 11) is 0. The van der Waals surface area contributed by atoms with Gasteiger partial charge in [-0.3, -0.25) is 4.79 Å². The second kappa shape index (κ2) is 4.71. The second-order valence-electron chi connectivity index (χ2n) is 6.70. The average molecular weight is 300 g/mol. The molecule has 116 valence electrons. The van der Waals surface area contributed by atoms with E-state index in [4.69, 9.17) is 10.5 Å². The van der Waals surface area contributed by atoms with Gasteiger partial charge in [-0.05, 0) is 38.3 Å². The van der Waals surface area contributed by atoms with Crippen molar-refractivity contribution in [2.75, 3.05) is 12.3 Å². The van der Waals surface area contributed by atoms with Gasteiger partial charge in [0, 0.05) is 17.7 Å². The molecule has 0 radical (unpaired) electrons. The highest BCUT2D eigenvalue weighted by molar-refractivity contribution is 6.05. The van der Waals surface area contributed by atoms with E-state index in [2.05, 4.69) is 17.3 Å². The number of rotatable bonds is 2. The minimum absolute atomic E-state index is 0.134. The van der Waals surface area contributed by atoms with Crippen molar-refractivity contribution in [3.63, 3.8) is 0 Å². The van der Waals surface area contributed by atoms with Crippen molar-refractivity contribution in [1.29, 1.82) is 0 Å². The Balaban J connectivity index is 1.48. The molecule has 22 heavy (non-hydrogen) atoms. The van der Waals surface area contributed by atoms with Crippen LogP contribution in [0.25, 0.3) is 5.52 Å². The van der Waals surface area contributed by atoms with Crippen molar-refractivity contribution < 1.29 is 9.53 Å². The molecule has 0 bridgehead atoms. The highest BCUT2D eigenvalue weighted by atomic mass is 16.5. The van der Waals surface area contributed by atoms with Crippen LogP contribution in [0.15, 0.2) is 24.4 Å². The van der Waals surface area contributed by atoms with Crippen LogP contribution in [0.1, 0.15) is 36.5 Å². The number of aromatic nitrogens is 2. The third-order valence-electron chi connectivity index (χ3n) is 4.88. The number of fused-ring (bicyclic) bond motifs is 1. The Morgan fingerprint density at radius 2 is 2.27 bits per heavy atom. The van der Waals surface area contributed by atoms with Crippen LogP contribution >= 0.6 is 0 Å². The zero-order valence-corrected chi connectivity index (χ0v) is 12.6. The highest BCUT2D eigenvalue weighted by Crippen LogP contribution is 2.49. The molecule has 1 aliphatic carbocycles. The predicted octanol–water partition coefficient (Wildman–Crippen LogP) is 1.60. The lowest BCUT2D eigenvalue weighted by Gasteiger charge is -2.44. The number of carbonyl (C=O) groups is 1. The van der Waals surface area contributed by atoms with Crippen molar-refractivity contribution in [3.05, 3.63) is 30.0 Å². The first kappa shape index (κ1) is 13.6. The van der Waals surface area contributed by atoms with Gasteiger partial charge >= 0.3 is 0 Å². The first-order chi connectivity index (χ1) is 10.6. The van der Waals surface area contributed by atoms with Crippen molar-refractivity contribution in [3.8, 4) is 0 Å². The van der Waals surface area contributed by atoms with Crippen LogP contribution in [0.5, 0.6) is 0 Å². The van der Waals surface area contributed by atoms with Gasteiger partial charge in [-0.1, -0.05) is 6.07 Å². The monoisotopic (exact) mass is 300 g/mol. The standard InChI is InChI=1S/C16H20N4O2/c1-10-6-16(9-22-10)7-11(8-16)18-15(21)13-12-4-2-3-5-20(12)19-14(13)17/h2-5,10-11H,6-9H2,1H3,(H2,17,19)(H,18,21). The minimum Gasteiger partial charge on any atom is -0.382 e. The van der Waals surface area contributed by atoms with Crippen LogP contribution < -0.4 is 11.1 Å². The summed E-state index contributed by atoms with van der Waals surface area (Å²) in [6.45, 7) is 2.93. The fourth-order valence-corrected chi connectivity index (χ4v) is 3.93. The molecule has 1 saturated carbocycles. The van der Waals surface area contributed by atoms with E-state index >= 15 is 0 Å². The Bertz CT molecular complexity index is 733. The molecule has 1 spiro atoms. The van der Waals surface area contributed by atoms with Gasteiger partial charge in [-0.2, -0.15) is 0 Å². The van der Waals surface area contributed by atoms with E-state index in [1.165, 1.54) is 0 Å². The maximum Gasteiger partial charge on any atom is 0.257 e. The van der Waals surface area contributed by atoms with Gasteiger partial charge in [0.1, 0.15) is 5.56 Å². The van der Waals surface area contributed by atoms with Crippen LogP contribution in [-0.2, 0) is 4.74 Å². The van der Waals surface area contributed by atoms with Crippen LogP contribution in [0.3, 0.4) is 0 Å². The van der Waals surface area contributed by atoms with E-state index < -0.39 is 0 Å². The fourth-order valence-electron chi connectivity index (χ4n) is 3.93. The van der Waals surface area contributed by atoms with Crippen molar-refractivity contribution >= 4 is 17.2 Å². The Morgan fingerprint density at radius 3 is 3.00 bits per heavy atom. The smallest absolute Gasteiger partial charge is 0.257 e. The number of carbonyl (C=O) groups excluding carboxylic acids is 1. The number of nitrogens with two attached hydrogens (primary N) is 1. The zero-order chi connectivity index (χ0) is 15.3. The van der Waals surface area contributed by atoms with E-state index in [-0.39, 0.29) is 23.2 Å². The van der Waals surface area contributed by atoms with Crippen molar-refractivity contribution in [1.82, 2.24) is 14.9 Å². The van der Waals surface area contributed by atoms with Crippen molar-refractivity contribution in [2.45, 2.75) is 38.3 Å². The lowest BCUT2D eigenvalue weighted by Crippen LogP contribution is -2.51. The molecule has 1 amide bonds. The second-order valence-corrected chi connectivity index (χ2v) is 6.70. The van der Waals surface area contributed by atoms with Crippen LogP contribution in [0.2, 0.25) is 0 Å². The van der Waals surface area contributed by atoms with Gasteiger partial charge in [0.05, 0.1) is 18.2 Å². The molecule has 6 nitrogen and oxygen atoms in total. The predicted molar refractivity (Wildman–Crippen MR) is 82.6 cm³/mol. The molecule has 2 fully saturated rings. The summed E-state index contributed by atoms with van der Waals surface area (Å²) in [4.78, 5) is 12.5. The van der Waals surface area contributed by atoms with Crippen LogP contribution in [0, 0.1) is 5.41 Å². The molecule has 1 aliphatic heterocycles. The molecule has 6 heteroatoms. The summed E-state index contributed by atoms with van der Waals surface area (Å²) >= 11 is 0.